The zero-order valence-electron chi connectivity index (χ0n) is 11.8. The second-order valence-electron chi connectivity index (χ2n) is 3.68. The molecule has 0 aliphatic carbocycles. The highest BCUT2D eigenvalue weighted by molar-refractivity contribution is 5.35. The molecule has 2 rings (SSSR count). The van der Waals surface area contributed by atoms with E-state index >= 15 is 0 Å². The molecule has 0 saturated carbocycles. The quantitative estimate of drug-likeness (QED) is 0.666. The Hall–Kier alpha value is -1.44. The van der Waals surface area contributed by atoms with Crippen LogP contribution in [0.1, 0.15) is 32.1 Å². The van der Waals surface area contributed by atoms with Gasteiger partial charge in [-0.25, -0.2) is 4.79 Å². The first kappa shape index (κ1) is 17.6. The number of rotatable bonds is 1. The van der Waals surface area contributed by atoms with Crippen molar-refractivity contribution in [2.75, 3.05) is 19.5 Å². The smallest absolute Gasteiger partial charge is 0.351 e. The van der Waals surface area contributed by atoms with Gasteiger partial charge >= 0.3 is 5.69 Å². The van der Waals surface area contributed by atoms with Crippen molar-refractivity contribution < 1.29 is 14.9 Å². The molecule has 1 unspecified atom stereocenters. The lowest BCUT2D eigenvalue weighted by molar-refractivity contribution is 0.0447. The summed E-state index contributed by atoms with van der Waals surface area (Å²) in [5, 5.41) is 16.3. The lowest BCUT2D eigenvalue weighted by Gasteiger charge is -2.13. The summed E-state index contributed by atoms with van der Waals surface area (Å²) in [7, 11) is 1.00. The van der Waals surface area contributed by atoms with E-state index in [2.05, 4.69) is 4.98 Å². The number of nitrogen functional groups attached to an aromatic ring is 1. The predicted molar refractivity (Wildman–Crippen MR) is 72.8 cm³/mol. The van der Waals surface area contributed by atoms with Crippen LogP contribution in [0.3, 0.4) is 0 Å². The number of nitrogens with zero attached hydrogens (tertiary/aromatic N) is 2. The Balaban J connectivity index is 0.000000741. The highest BCUT2D eigenvalue weighted by atomic mass is 16.5. The maximum Gasteiger partial charge on any atom is 0.351 e. The lowest BCUT2D eigenvalue weighted by Crippen LogP contribution is -2.28. The Morgan fingerprint density at radius 1 is 1.47 bits per heavy atom. The third-order valence-electron chi connectivity index (χ3n) is 2.44. The average Bonchev–Trinajstić information content (AvgIpc) is 2.85. The number of nitrogens with two attached hydrogens (primary N) is 1. The summed E-state index contributed by atoms with van der Waals surface area (Å²) in [6.45, 7) is 6.02. The third kappa shape index (κ3) is 4.62. The zero-order valence-corrected chi connectivity index (χ0v) is 11.8. The molecular formula is C12H23N3O4. The third-order valence-corrected chi connectivity index (χ3v) is 2.44. The Labute approximate surface area is 112 Å². The predicted octanol–water partition coefficient (Wildman–Crippen LogP) is 0.0484. The molecule has 1 aliphatic heterocycles. The first-order valence-corrected chi connectivity index (χ1v) is 6.17. The van der Waals surface area contributed by atoms with E-state index in [1.165, 1.54) is 4.57 Å². The molecule has 7 heteroatoms. The van der Waals surface area contributed by atoms with Crippen LogP contribution in [0.2, 0.25) is 0 Å². The van der Waals surface area contributed by atoms with Gasteiger partial charge in [0.2, 0.25) is 0 Å². The molecule has 1 aromatic heterocycles. The number of ether oxygens (including phenoxy) is 1. The van der Waals surface area contributed by atoms with Crippen LogP contribution >= 0.6 is 0 Å². The van der Waals surface area contributed by atoms with Gasteiger partial charge in [0, 0.05) is 25.3 Å². The number of hydrogen-bond donors (Lipinski definition) is 3. The Morgan fingerprint density at radius 2 is 2.05 bits per heavy atom. The summed E-state index contributed by atoms with van der Waals surface area (Å²) in [5.74, 6) is 0.231. The van der Waals surface area contributed by atoms with Crippen LogP contribution in [0.4, 0.5) is 5.82 Å². The largest absolute Gasteiger partial charge is 0.400 e. The van der Waals surface area contributed by atoms with Crippen LogP contribution < -0.4 is 11.4 Å². The molecule has 2 heterocycles. The van der Waals surface area contributed by atoms with E-state index in [4.69, 9.17) is 15.6 Å². The Bertz CT molecular complexity index is 433. The van der Waals surface area contributed by atoms with Gasteiger partial charge in [-0.3, -0.25) is 4.57 Å². The molecule has 0 spiro atoms. The minimum absolute atomic E-state index is 0.231. The molecule has 1 aliphatic rings. The maximum atomic E-state index is 11.5. The first-order valence-electron chi connectivity index (χ1n) is 6.17. The highest BCUT2D eigenvalue weighted by Gasteiger charge is 2.26. The van der Waals surface area contributed by atoms with Crippen molar-refractivity contribution >= 4 is 5.82 Å². The molecule has 19 heavy (non-hydrogen) atoms. The van der Waals surface area contributed by atoms with Crippen molar-refractivity contribution in [3.63, 3.8) is 0 Å². The van der Waals surface area contributed by atoms with E-state index in [1.807, 2.05) is 13.8 Å². The molecule has 1 saturated heterocycles. The molecular weight excluding hydrogens is 250 g/mol. The zero-order chi connectivity index (χ0) is 15.0. The van der Waals surface area contributed by atoms with Crippen LogP contribution in [0.15, 0.2) is 11.0 Å². The van der Waals surface area contributed by atoms with Gasteiger partial charge in [0.25, 0.3) is 0 Å². The fourth-order valence-electron chi connectivity index (χ4n) is 1.57. The minimum Gasteiger partial charge on any atom is -0.400 e. The summed E-state index contributed by atoms with van der Waals surface area (Å²) in [5.41, 5.74) is 5.78. The molecule has 0 aromatic carbocycles. The fraction of sp³-hybridized carbons (Fsp3) is 0.667. The van der Waals surface area contributed by atoms with Crippen molar-refractivity contribution in [2.45, 2.75) is 39.5 Å². The molecule has 4 N–H and O–H groups in total. The molecule has 0 bridgehead atoms. The summed E-state index contributed by atoms with van der Waals surface area (Å²) in [6.07, 6.45) is 1.07. The van der Waals surface area contributed by atoms with Gasteiger partial charge in [0.1, 0.15) is 12.0 Å². The number of aliphatic hydroxyl groups excluding tert-OH is 2. The number of aliphatic hydroxyl groups is 2. The maximum absolute atomic E-state index is 11.5. The SMILES string of the molecule is CC.CO.Cc1cn([C@@H]2CC(O)CO2)c(=O)nc1N. The van der Waals surface area contributed by atoms with Gasteiger partial charge in [-0.05, 0) is 6.92 Å². The standard InChI is InChI=1S/C9H13N3O3.C2H6.CH4O/c1-5-3-12(9(14)11-8(5)10)7-2-6(13)4-15-7;2*1-2/h3,6-7,13H,2,4H2,1H3,(H2,10,11,14);1-2H3;2H,1H3/t6?,7-;;/m0../s1. The van der Waals surface area contributed by atoms with Gasteiger partial charge in [-0.1, -0.05) is 13.8 Å². The van der Waals surface area contributed by atoms with Crippen LogP contribution in [0.5, 0.6) is 0 Å². The van der Waals surface area contributed by atoms with Crippen LogP contribution in [0.25, 0.3) is 0 Å². The van der Waals surface area contributed by atoms with E-state index in [0.717, 1.165) is 12.7 Å². The van der Waals surface area contributed by atoms with Crippen molar-refractivity contribution in [1.82, 2.24) is 9.55 Å². The van der Waals surface area contributed by atoms with E-state index in [1.54, 1.807) is 13.1 Å². The molecule has 2 atom stereocenters. The topological polar surface area (TPSA) is 111 Å². The van der Waals surface area contributed by atoms with Crippen molar-refractivity contribution in [3.05, 3.63) is 22.2 Å². The molecule has 0 radical (unpaired) electrons. The molecule has 7 nitrogen and oxygen atoms in total. The van der Waals surface area contributed by atoms with Gasteiger partial charge in [-0.2, -0.15) is 4.98 Å². The second kappa shape index (κ2) is 8.63. The van der Waals surface area contributed by atoms with Gasteiger partial charge in [-0.15, -0.1) is 0 Å². The second-order valence-corrected chi connectivity index (χ2v) is 3.68. The highest BCUT2D eigenvalue weighted by Crippen LogP contribution is 2.22. The Kier molecular flexibility index (Phi) is 7.97. The summed E-state index contributed by atoms with van der Waals surface area (Å²) in [4.78, 5) is 15.2. The van der Waals surface area contributed by atoms with E-state index in [9.17, 15) is 9.90 Å². The van der Waals surface area contributed by atoms with Crippen molar-refractivity contribution in [1.29, 1.82) is 0 Å². The van der Waals surface area contributed by atoms with Crippen molar-refractivity contribution in [2.24, 2.45) is 0 Å². The number of aromatic nitrogens is 2. The molecule has 1 aromatic rings. The summed E-state index contributed by atoms with van der Waals surface area (Å²) >= 11 is 0. The normalized spacial score (nSPS) is 20.9. The fourth-order valence-corrected chi connectivity index (χ4v) is 1.57. The summed E-state index contributed by atoms with van der Waals surface area (Å²) < 4.78 is 6.62. The van der Waals surface area contributed by atoms with E-state index in [0.29, 0.717) is 6.42 Å². The lowest BCUT2D eigenvalue weighted by atomic mass is 10.3. The number of hydrogen-bond acceptors (Lipinski definition) is 6. The molecule has 1 fully saturated rings. The number of aryl methyl sites for hydroxylation is 1. The summed E-state index contributed by atoms with van der Waals surface area (Å²) in [6, 6.07) is 0. The molecule has 110 valence electrons. The van der Waals surface area contributed by atoms with E-state index < -0.39 is 18.0 Å². The van der Waals surface area contributed by atoms with Crippen LogP contribution in [0, 0.1) is 6.92 Å². The monoisotopic (exact) mass is 273 g/mol. The minimum atomic E-state index is -0.514. The van der Waals surface area contributed by atoms with Gasteiger partial charge in [0.05, 0.1) is 12.7 Å². The Morgan fingerprint density at radius 3 is 2.53 bits per heavy atom. The molecule has 0 amide bonds. The number of anilines is 1. The first-order chi connectivity index (χ1) is 9.08. The average molecular weight is 273 g/mol. The van der Waals surface area contributed by atoms with Crippen LogP contribution in [-0.4, -0.2) is 39.6 Å². The van der Waals surface area contributed by atoms with Gasteiger partial charge < -0.3 is 20.7 Å². The van der Waals surface area contributed by atoms with Crippen molar-refractivity contribution in [3.8, 4) is 0 Å². The van der Waals surface area contributed by atoms with E-state index in [-0.39, 0.29) is 12.4 Å². The van der Waals surface area contributed by atoms with Crippen LogP contribution in [-0.2, 0) is 4.74 Å². The van der Waals surface area contributed by atoms with Gasteiger partial charge in [0.15, 0.2) is 0 Å².